The van der Waals surface area contributed by atoms with Crippen LogP contribution in [-0.4, -0.2) is 40.2 Å². The lowest BCUT2D eigenvalue weighted by Crippen LogP contribution is -2.34. The number of piperidine rings is 1. The fourth-order valence-electron chi connectivity index (χ4n) is 3.40. The molecule has 7 heteroatoms. The first-order valence-electron chi connectivity index (χ1n) is 9.42. The zero-order valence-electron chi connectivity index (χ0n) is 15.7. The number of aromatic nitrogens is 2. The molecule has 1 amide bonds. The summed E-state index contributed by atoms with van der Waals surface area (Å²) < 4.78 is 1.77. The van der Waals surface area contributed by atoms with Gasteiger partial charge in [0.1, 0.15) is 6.54 Å². The van der Waals surface area contributed by atoms with Crippen molar-refractivity contribution in [3.8, 4) is 0 Å². The van der Waals surface area contributed by atoms with Gasteiger partial charge in [0.2, 0.25) is 5.91 Å². The second-order valence-electron chi connectivity index (χ2n) is 6.92. The Labute approximate surface area is 172 Å². The molecule has 1 saturated heterocycles. The Kier molecular flexibility index (Phi) is 8.61. The molecule has 0 spiro atoms. The van der Waals surface area contributed by atoms with Crippen LogP contribution >= 0.6 is 24.0 Å². The van der Waals surface area contributed by atoms with Crippen LogP contribution in [-0.2, 0) is 17.9 Å². The fraction of sp³-hybridized carbons (Fsp3) is 0.500. The van der Waals surface area contributed by atoms with E-state index in [1.165, 1.54) is 6.42 Å². The summed E-state index contributed by atoms with van der Waals surface area (Å²) in [5.74, 6) is 0.555. The minimum absolute atomic E-state index is 0. The third-order valence-electron chi connectivity index (χ3n) is 4.81. The number of benzene rings is 1. The van der Waals surface area contributed by atoms with Crippen molar-refractivity contribution in [1.82, 2.24) is 20.0 Å². The number of hydrogen-bond donors (Lipinski definition) is 1. The molecule has 1 aromatic heterocycles. The van der Waals surface area contributed by atoms with Crippen molar-refractivity contribution in [3.63, 3.8) is 0 Å². The molecule has 0 bridgehead atoms. The number of nitrogens with one attached hydrogen (secondary N) is 1. The third kappa shape index (κ3) is 6.23. The summed E-state index contributed by atoms with van der Waals surface area (Å²) in [7, 11) is 0. The van der Waals surface area contributed by atoms with Gasteiger partial charge in [-0.25, -0.2) is 0 Å². The average molecular weight is 411 g/mol. The van der Waals surface area contributed by atoms with Gasteiger partial charge >= 0.3 is 0 Å². The monoisotopic (exact) mass is 410 g/mol. The highest BCUT2D eigenvalue weighted by Crippen LogP contribution is 2.21. The number of rotatable bonds is 7. The van der Waals surface area contributed by atoms with E-state index in [0.717, 1.165) is 43.7 Å². The van der Waals surface area contributed by atoms with E-state index in [-0.39, 0.29) is 24.9 Å². The SMILES string of the molecule is CCCN(Cc1ccc(Cl)cc1)C(=O)Cn1ccc(C2CCCNC2)n1.Cl. The predicted molar refractivity (Wildman–Crippen MR) is 111 cm³/mol. The molecular weight excluding hydrogens is 383 g/mol. The van der Waals surface area contributed by atoms with E-state index < -0.39 is 0 Å². The van der Waals surface area contributed by atoms with Crippen molar-refractivity contribution in [2.75, 3.05) is 19.6 Å². The summed E-state index contributed by atoms with van der Waals surface area (Å²) >= 11 is 5.95. The summed E-state index contributed by atoms with van der Waals surface area (Å²) in [6, 6.07) is 9.72. The van der Waals surface area contributed by atoms with Gasteiger partial charge in [0.15, 0.2) is 0 Å². The normalized spacial score (nSPS) is 16.6. The first-order chi connectivity index (χ1) is 12.7. The lowest BCUT2D eigenvalue weighted by Gasteiger charge is -2.23. The summed E-state index contributed by atoms with van der Waals surface area (Å²) in [5.41, 5.74) is 2.18. The van der Waals surface area contributed by atoms with Gasteiger partial charge in [0, 0.05) is 36.8 Å². The van der Waals surface area contributed by atoms with E-state index >= 15 is 0 Å². The molecule has 1 atom stereocenters. The zero-order chi connectivity index (χ0) is 18.4. The largest absolute Gasteiger partial charge is 0.337 e. The Hall–Kier alpha value is -1.56. The maximum Gasteiger partial charge on any atom is 0.244 e. The van der Waals surface area contributed by atoms with Gasteiger partial charge in [-0.1, -0.05) is 30.7 Å². The summed E-state index contributed by atoms with van der Waals surface area (Å²) in [6.07, 6.45) is 5.20. The molecule has 3 rings (SSSR count). The Morgan fingerprint density at radius 3 is 2.78 bits per heavy atom. The van der Waals surface area contributed by atoms with E-state index in [1.54, 1.807) is 4.68 Å². The van der Waals surface area contributed by atoms with Crippen LogP contribution < -0.4 is 5.32 Å². The Morgan fingerprint density at radius 2 is 2.11 bits per heavy atom. The molecule has 1 fully saturated rings. The summed E-state index contributed by atoms with van der Waals surface area (Å²) in [5, 5.41) is 8.77. The van der Waals surface area contributed by atoms with Crippen molar-refractivity contribution in [2.45, 2.75) is 45.2 Å². The molecule has 1 aliphatic rings. The lowest BCUT2D eigenvalue weighted by atomic mass is 9.97. The van der Waals surface area contributed by atoms with Gasteiger partial charge in [-0.3, -0.25) is 9.48 Å². The van der Waals surface area contributed by atoms with Crippen LogP contribution in [0.5, 0.6) is 0 Å². The second-order valence-corrected chi connectivity index (χ2v) is 7.36. The molecule has 27 heavy (non-hydrogen) atoms. The average Bonchev–Trinajstić information content (AvgIpc) is 3.12. The minimum Gasteiger partial charge on any atom is -0.337 e. The number of nitrogens with zero attached hydrogens (tertiary/aromatic N) is 3. The minimum atomic E-state index is 0. The molecule has 0 aliphatic carbocycles. The predicted octanol–water partition coefficient (Wildman–Crippen LogP) is 3.86. The van der Waals surface area contributed by atoms with Crippen LogP contribution in [0.1, 0.15) is 43.4 Å². The number of carbonyl (C=O) groups is 1. The number of hydrogen-bond acceptors (Lipinski definition) is 3. The number of halogens is 2. The number of carbonyl (C=O) groups excluding carboxylic acids is 1. The molecule has 1 unspecified atom stereocenters. The zero-order valence-corrected chi connectivity index (χ0v) is 17.3. The maximum absolute atomic E-state index is 12.8. The van der Waals surface area contributed by atoms with Gasteiger partial charge < -0.3 is 10.2 Å². The van der Waals surface area contributed by atoms with Crippen molar-refractivity contribution in [3.05, 3.63) is 52.8 Å². The van der Waals surface area contributed by atoms with Gasteiger partial charge in [-0.15, -0.1) is 12.4 Å². The fourth-order valence-corrected chi connectivity index (χ4v) is 3.52. The van der Waals surface area contributed by atoms with Crippen molar-refractivity contribution < 1.29 is 4.79 Å². The molecule has 1 aliphatic heterocycles. The van der Waals surface area contributed by atoms with E-state index in [0.29, 0.717) is 17.5 Å². The second kappa shape index (κ2) is 10.7. The molecule has 0 saturated carbocycles. The van der Waals surface area contributed by atoms with Gasteiger partial charge in [-0.05, 0) is 49.6 Å². The van der Waals surface area contributed by atoms with Crippen LogP contribution in [0, 0.1) is 0 Å². The molecule has 1 N–H and O–H groups in total. The van der Waals surface area contributed by atoms with Gasteiger partial charge in [-0.2, -0.15) is 5.10 Å². The van der Waals surface area contributed by atoms with Crippen molar-refractivity contribution >= 4 is 29.9 Å². The molecule has 148 valence electrons. The summed E-state index contributed by atoms with van der Waals surface area (Å²) in [4.78, 5) is 14.7. The van der Waals surface area contributed by atoms with Crippen LogP contribution in [0.3, 0.4) is 0 Å². The first-order valence-corrected chi connectivity index (χ1v) is 9.80. The van der Waals surface area contributed by atoms with Crippen LogP contribution in [0.4, 0.5) is 0 Å². The highest BCUT2D eigenvalue weighted by molar-refractivity contribution is 6.30. The Balaban J connectivity index is 0.00000261. The van der Waals surface area contributed by atoms with E-state index in [1.807, 2.05) is 41.4 Å². The number of amides is 1. The molecular formula is C20H28Cl2N4O. The van der Waals surface area contributed by atoms with Gasteiger partial charge in [0.05, 0.1) is 5.69 Å². The molecule has 1 aromatic carbocycles. The van der Waals surface area contributed by atoms with Crippen LogP contribution in [0.2, 0.25) is 5.02 Å². The van der Waals surface area contributed by atoms with Crippen LogP contribution in [0.25, 0.3) is 0 Å². The van der Waals surface area contributed by atoms with E-state index in [4.69, 9.17) is 11.6 Å². The molecule has 5 nitrogen and oxygen atoms in total. The smallest absolute Gasteiger partial charge is 0.244 e. The third-order valence-corrected chi connectivity index (χ3v) is 5.06. The van der Waals surface area contributed by atoms with Gasteiger partial charge in [0.25, 0.3) is 0 Å². The highest BCUT2D eigenvalue weighted by atomic mass is 35.5. The lowest BCUT2D eigenvalue weighted by molar-refractivity contribution is -0.132. The quantitative estimate of drug-likeness (QED) is 0.753. The van der Waals surface area contributed by atoms with Crippen molar-refractivity contribution in [1.29, 1.82) is 0 Å². The topological polar surface area (TPSA) is 50.2 Å². The van der Waals surface area contributed by atoms with E-state index in [9.17, 15) is 4.79 Å². The van der Waals surface area contributed by atoms with E-state index in [2.05, 4.69) is 17.3 Å². The standard InChI is InChI=1S/C20H27ClN4O.ClH/c1-2-11-24(14-16-5-7-18(21)8-6-16)20(26)15-25-12-9-19(23-25)17-4-3-10-22-13-17;/h5-9,12,17,22H,2-4,10-11,13-15H2,1H3;1H. The Bertz CT molecular complexity index is 711. The maximum atomic E-state index is 12.8. The molecule has 0 radical (unpaired) electrons. The Morgan fingerprint density at radius 1 is 1.33 bits per heavy atom. The highest BCUT2D eigenvalue weighted by Gasteiger charge is 2.19. The summed E-state index contributed by atoms with van der Waals surface area (Å²) in [6.45, 7) is 5.78. The van der Waals surface area contributed by atoms with Crippen molar-refractivity contribution in [2.24, 2.45) is 0 Å². The first kappa shape index (κ1) is 21.7. The molecule has 2 heterocycles. The van der Waals surface area contributed by atoms with Crippen LogP contribution in [0.15, 0.2) is 36.5 Å². The molecule has 2 aromatic rings.